The van der Waals surface area contributed by atoms with Crippen molar-refractivity contribution in [2.45, 2.75) is 13.0 Å². The minimum absolute atomic E-state index is 0.00871. The van der Waals surface area contributed by atoms with Crippen LogP contribution in [0.4, 0.5) is 0 Å². The molecule has 0 aliphatic carbocycles. The largest absolute Gasteiger partial charge is 0.374 e. The van der Waals surface area contributed by atoms with Crippen molar-refractivity contribution in [1.29, 1.82) is 0 Å². The number of nitrogens with two attached hydrogens (primary N) is 1. The van der Waals surface area contributed by atoms with E-state index in [2.05, 4.69) is 17.1 Å². The Kier molecular flexibility index (Phi) is 7.11. The van der Waals surface area contributed by atoms with E-state index in [-0.39, 0.29) is 12.7 Å². The number of carbonyl (C=O) groups excluding carboxylic acids is 1. The Bertz CT molecular complexity index is 226. The summed E-state index contributed by atoms with van der Waals surface area (Å²) in [4.78, 5) is 12.8. The zero-order valence-corrected chi connectivity index (χ0v) is 10.5. The number of ether oxygens (including phenoxy) is 2. The summed E-state index contributed by atoms with van der Waals surface area (Å²) in [5.41, 5.74) is 4.94. The first-order chi connectivity index (χ1) is 8.22. The Morgan fingerprint density at radius 2 is 2.47 bits per heavy atom. The van der Waals surface area contributed by atoms with Crippen LogP contribution in [0.5, 0.6) is 0 Å². The molecule has 0 aromatic heterocycles. The van der Waals surface area contributed by atoms with Crippen molar-refractivity contribution < 1.29 is 14.3 Å². The third kappa shape index (κ3) is 6.58. The average molecular weight is 245 g/mol. The lowest BCUT2D eigenvalue weighted by atomic mass is 10.2. The summed E-state index contributed by atoms with van der Waals surface area (Å²) in [6.45, 7) is 8.04. The summed E-state index contributed by atoms with van der Waals surface area (Å²) in [6, 6.07) is 0. The maximum absolute atomic E-state index is 10.4. The van der Waals surface area contributed by atoms with Gasteiger partial charge in [-0.25, -0.2) is 0 Å². The van der Waals surface area contributed by atoms with Crippen LogP contribution in [-0.4, -0.2) is 69.5 Å². The smallest absolute Gasteiger partial charge is 0.243 e. The second-order valence-corrected chi connectivity index (χ2v) is 4.11. The van der Waals surface area contributed by atoms with Gasteiger partial charge in [-0.2, -0.15) is 0 Å². The first-order valence-electron chi connectivity index (χ1n) is 6.13. The van der Waals surface area contributed by atoms with Gasteiger partial charge >= 0.3 is 0 Å². The zero-order valence-electron chi connectivity index (χ0n) is 10.5. The van der Waals surface area contributed by atoms with Crippen LogP contribution < -0.4 is 11.1 Å². The molecule has 1 aliphatic heterocycles. The van der Waals surface area contributed by atoms with Gasteiger partial charge in [0.05, 0.1) is 19.3 Å². The molecule has 1 aliphatic rings. The number of morpholine rings is 1. The van der Waals surface area contributed by atoms with Crippen LogP contribution in [0.1, 0.15) is 6.92 Å². The molecular weight excluding hydrogens is 222 g/mol. The molecule has 6 nitrogen and oxygen atoms in total. The van der Waals surface area contributed by atoms with Crippen molar-refractivity contribution in [3.05, 3.63) is 0 Å². The molecule has 0 aromatic carbocycles. The van der Waals surface area contributed by atoms with Crippen molar-refractivity contribution in [2.24, 2.45) is 5.73 Å². The molecule has 1 unspecified atom stereocenters. The summed E-state index contributed by atoms with van der Waals surface area (Å²) in [5.74, 6) is -0.431. The van der Waals surface area contributed by atoms with Gasteiger partial charge in [-0.1, -0.05) is 6.92 Å². The summed E-state index contributed by atoms with van der Waals surface area (Å²) in [5, 5.41) is 3.24. The number of hydrogen-bond acceptors (Lipinski definition) is 5. The van der Waals surface area contributed by atoms with Gasteiger partial charge in [-0.15, -0.1) is 0 Å². The first kappa shape index (κ1) is 14.4. The van der Waals surface area contributed by atoms with Crippen LogP contribution in [0.25, 0.3) is 0 Å². The van der Waals surface area contributed by atoms with Crippen molar-refractivity contribution >= 4 is 5.91 Å². The van der Waals surface area contributed by atoms with Crippen LogP contribution in [0.3, 0.4) is 0 Å². The van der Waals surface area contributed by atoms with Crippen LogP contribution in [0.2, 0.25) is 0 Å². The van der Waals surface area contributed by atoms with Gasteiger partial charge in [-0.05, 0) is 6.54 Å². The van der Waals surface area contributed by atoms with E-state index in [4.69, 9.17) is 15.2 Å². The second-order valence-electron chi connectivity index (χ2n) is 4.11. The predicted octanol–water partition coefficient (Wildman–Crippen LogP) is -1.20. The Balaban J connectivity index is 1.97. The fraction of sp³-hybridized carbons (Fsp3) is 0.909. The maximum Gasteiger partial charge on any atom is 0.243 e. The molecule has 100 valence electrons. The fourth-order valence-corrected chi connectivity index (χ4v) is 1.77. The van der Waals surface area contributed by atoms with Crippen molar-refractivity contribution in [3.63, 3.8) is 0 Å². The van der Waals surface area contributed by atoms with E-state index < -0.39 is 5.91 Å². The Labute approximate surface area is 102 Å². The van der Waals surface area contributed by atoms with E-state index in [1.54, 1.807) is 0 Å². The van der Waals surface area contributed by atoms with E-state index in [0.717, 1.165) is 32.8 Å². The normalized spacial score (nSPS) is 21.6. The lowest BCUT2D eigenvalue weighted by Gasteiger charge is -2.32. The molecule has 17 heavy (non-hydrogen) atoms. The molecular formula is C11H23N3O3. The van der Waals surface area contributed by atoms with Crippen LogP contribution in [0, 0.1) is 0 Å². The Morgan fingerprint density at radius 3 is 3.18 bits per heavy atom. The monoisotopic (exact) mass is 245 g/mol. The van der Waals surface area contributed by atoms with Crippen LogP contribution in [-0.2, 0) is 14.3 Å². The van der Waals surface area contributed by atoms with Gasteiger partial charge in [0.1, 0.15) is 6.61 Å². The van der Waals surface area contributed by atoms with Gasteiger partial charge < -0.3 is 20.5 Å². The molecule has 1 rings (SSSR count). The molecule has 1 amide bonds. The maximum atomic E-state index is 10.4. The first-order valence-corrected chi connectivity index (χ1v) is 6.13. The van der Waals surface area contributed by atoms with Gasteiger partial charge in [0, 0.05) is 26.2 Å². The minimum atomic E-state index is -0.431. The molecule has 1 atom stereocenters. The molecule has 3 N–H and O–H groups in total. The molecule has 6 heteroatoms. The molecule has 0 saturated carbocycles. The van der Waals surface area contributed by atoms with E-state index in [0.29, 0.717) is 13.2 Å². The summed E-state index contributed by atoms with van der Waals surface area (Å²) < 4.78 is 10.7. The predicted molar refractivity (Wildman–Crippen MR) is 64.7 cm³/mol. The van der Waals surface area contributed by atoms with Gasteiger partial charge in [-0.3, -0.25) is 9.69 Å². The van der Waals surface area contributed by atoms with E-state index in [9.17, 15) is 4.79 Å². The Hall–Kier alpha value is -0.690. The highest BCUT2D eigenvalue weighted by Gasteiger charge is 2.18. The number of nitrogens with zero attached hydrogens (tertiary/aromatic N) is 1. The molecule has 1 saturated heterocycles. The van der Waals surface area contributed by atoms with Gasteiger partial charge in [0.25, 0.3) is 0 Å². The highest BCUT2D eigenvalue weighted by molar-refractivity contribution is 5.74. The molecule has 0 aromatic rings. The van der Waals surface area contributed by atoms with Gasteiger partial charge in [0.2, 0.25) is 5.91 Å². The average Bonchev–Trinajstić information content (AvgIpc) is 2.33. The summed E-state index contributed by atoms with van der Waals surface area (Å²) in [7, 11) is 0. The number of carbonyl (C=O) groups is 1. The third-order valence-corrected chi connectivity index (χ3v) is 2.71. The SMILES string of the molecule is CCN1CCOC(CNCCOCC(N)=O)C1. The van der Waals surface area contributed by atoms with Crippen molar-refractivity contribution in [3.8, 4) is 0 Å². The molecule has 1 fully saturated rings. The summed E-state index contributed by atoms with van der Waals surface area (Å²) >= 11 is 0. The number of nitrogens with one attached hydrogen (secondary N) is 1. The van der Waals surface area contributed by atoms with Crippen LogP contribution in [0.15, 0.2) is 0 Å². The number of likely N-dealkylation sites (N-methyl/N-ethyl adjacent to an activating group) is 1. The van der Waals surface area contributed by atoms with Crippen LogP contribution >= 0.6 is 0 Å². The topological polar surface area (TPSA) is 76.8 Å². The molecule has 0 bridgehead atoms. The van der Waals surface area contributed by atoms with E-state index >= 15 is 0 Å². The Morgan fingerprint density at radius 1 is 1.65 bits per heavy atom. The minimum Gasteiger partial charge on any atom is -0.374 e. The number of hydrogen-bond donors (Lipinski definition) is 2. The third-order valence-electron chi connectivity index (χ3n) is 2.71. The lowest BCUT2D eigenvalue weighted by Crippen LogP contribution is -2.46. The lowest BCUT2D eigenvalue weighted by molar-refractivity contribution is -0.122. The molecule has 1 heterocycles. The second kappa shape index (κ2) is 8.41. The van der Waals surface area contributed by atoms with E-state index in [1.807, 2.05) is 0 Å². The van der Waals surface area contributed by atoms with E-state index in [1.165, 1.54) is 0 Å². The fourth-order valence-electron chi connectivity index (χ4n) is 1.77. The number of amides is 1. The molecule has 0 spiro atoms. The number of primary amides is 1. The van der Waals surface area contributed by atoms with Crippen molar-refractivity contribution in [2.75, 3.05) is 52.5 Å². The highest BCUT2D eigenvalue weighted by Crippen LogP contribution is 2.03. The van der Waals surface area contributed by atoms with Gasteiger partial charge in [0.15, 0.2) is 0 Å². The zero-order chi connectivity index (χ0) is 12.5. The summed E-state index contributed by atoms with van der Waals surface area (Å²) in [6.07, 6.45) is 0.250. The highest BCUT2D eigenvalue weighted by atomic mass is 16.5. The quantitative estimate of drug-likeness (QED) is 0.525. The number of rotatable bonds is 8. The molecule has 0 radical (unpaired) electrons. The standard InChI is InChI=1S/C11H23N3O3/c1-2-14-4-6-17-10(8-14)7-13-3-5-16-9-11(12)15/h10,13H,2-9H2,1H3,(H2,12,15). The van der Waals surface area contributed by atoms with Crippen molar-refractivity contribution in [1.82, 2.24) is 10.2 Å².